The lowest BCUT2D eigenvalue weighted by Crippen LogP contribution is -2.31. The Morgan fingerprint density at radius 2 is 2.12 bits per heavy atom. The molecule has 0 aliphatic heterocycles. The number of benzene rings is 1. The van der Waals surface area contributed by atoms with Gasteiger partial charge in [0, 0.05) is 24.0 Å². The summed E-state index contributed by atoms with van der Waals surface area (Å²) >= 11 is 1.53. The summed E-state index contributed by atoms with van der Waals surface area (Å²) in [5, 5.41) is 1.94. The Balaban J connectivity index is 2.10. The zero-order chi connectivity index (χ0) is 17.4. The molecule has 0 bridgehead atoms. The van der Waals surface area contributed by atoms with Crippen LogP contribution in [-0.4, -0.2) is 36.0 Å². The number of aromatic nitrogens is 1. The van der Waals surface area contributed by atoms with Crippen molar-refractivity contribution >= 4 is 17.2 Å². The van der Waals surface area contributed by atoms with Crippen LogP contribution in [0.25, 0.3) is 0 Å². The molecule has 1 aromatic carbocycles. The first kappa shape index (κ1) is 18.3. The lowest BCUT2D eigenvalue weighted by atomic mass is 10.1. The maximum atomic E-state index is 12.6. The normalized spacial score (nSPS) is 10.5. The molecule has 0 radical (unpaired) electrons. The maximum absolute atomic E-state index is 12.6. The predicted octanol–water partition coefficient (Wildman–Crippen LogP) is 3.99. The molecular weight excluding hydrogens is 324 g/mol. The summed E-state index contributed by atoms with van der Waals surface area (Å²) in [6.07, 6.45) is 2.07. The molecule has 0 spiro atoms. The molecule has 5 nitrogen and oxygen atoms in total. The van der Waals surface area contributed by atoms with Crippen molar-refractivity contribution < 1.29 is 14.3 Å². The largest absolute Gasteiger partial charge is 0.493 e. The number of thiazole rings is 1. The number of amides is 1. The molecule has 0 saturated carbocycles. The fourth-order valence-electron chi connectivity index (χ4n) is 2.32. The topological polar surface area (TPSA) is 51.7 Å². The van der Waals surface area contributed by atoms with Crippen molar-refractivity contribution in [2.75, 3.05) is 20.2 Å². The summed E-state index contributed by atoms with van der Waals surface area (Å²) in [5.41, 5.74) is 3.26. The van der Waals surface area contributed by atoms with Gasteiger partial charge < -0.3 is 14.4 Å². The Morgan fingerprint density at radius 3 is 2.75 bits per heavy atom. The van der Waals surface area contributed by atoms with E-state index < -0.39 is 0 Å². The molecule has 0 unspecified atom stereocenters. The molecule has 0 aliphatic rings. The molecule has 1 aromatic heterocycles. The van der Waals surface area contributed by atoms with Gasteiger partial charge in [0.05, 0.1) is 18.3 Å². The van der Waals surface area contributed by atoms with Crippen LogP contribution in [0.2, 0.25) is 0 Å². The van der Waals surface area contributed by atoms with Gasteiger partial charge in [0.1, 0.15) is 6.61 Å². The Bertz CT molecular complexity index is 644. The van der Waals surface area contributed by atoms with Gasteiger partial charge in [0.2, 0.25) is 0 Å². The molecular formula is C18H24N2O3S. The number of carbonyl (C=O) groups excluding carboxylic acids is 1. The van der Waals surface area contributed by atoms with Crippen LogP contribution >= 0.6 is 11.3 Å². The van der Waals surface area contributed by atoms with Crippen molar-refractivity contribution in [2.24, 2.45) is 0 Å². The van der Waals surface area contributed by atoms with E-state index in [2.05, 4.69) is 11.9 Å². The minimum absolute atomic E-state index is 0.0234. The Hall–Kier alpha value is -2.08. The van der Waals surface area contributed by atoms with Gasteiger partial charge in [0.15, 0.2) is 11.5 Å². The number of rotatable bonds is 9. The highest BCUT2D eigenvalue weighted by Crippen LogP contribution is 2.29. The fraction of sp³-hybridized carbons (Fsp3) is 0.444. The standard InChI is InChI=1S/C18H24N2O3S/c1-4-6-9-20(5-2)18(21)14-7-8-16(17(10-14)22-3)23-11-15-12-24-13-19-15/h7-8,10,12-13H,4-6,9,11H2,1-3H3. The first-order valence-electron chi connectivity index (χ1n) is 8.16. The van der Waals surface area contributed by atoms with E-state index in [1.165, 1.54) is 11.3 Å². The summed E-state index contributed by atoms with van der Waals surface area (Å²) in [6.45, 7) is 5.97. The van der Waals surface area contributed by atoms with Gasteiger partial charge in [-0.3, -0.25) is 4.79 Å². The molecule has 130 valence electrons. The minimum atomic E-state index is 0.0234. The van der Waals surface area contributed by atoms with Gasteiger partial charge in [-0.2, -0.15) is 0 Å². The fourth-order valence-corrected chi connectivity index (χ4v) is 2.86. The van der Waals surface area contributed by atoms with Crippen molar-refractivity contribution in [3.8, 4) is 11.5 Å². The van der Waals surface area contributed by atoms with Gasteiger partial charge >= 0.3 is 0 Å². The zero-order valence-electron chi connectivity index (χ0n) is 14.4. The minimum Gasteiger partial charge on any atom is -0.493 e. The number of ether oxygens (including phenoxy) is 2. The molecule has 2 rings (SSSR count). The number of methoxy groups -OCH3 is 1. The first-order chi connectivity index (χ1) is 11.7. The Morgan fingerprint density at radius 1 is 1.29 bits per heavy atom. The van der Waals surface area contributed by atoms with Gasteiger partial charge in [0.25, 0.3) is 5.91 Å². The quantitative estimate of drug-likeness (QED) is 0.687. The predicted molar refractivity (Wildman–Crippen MR) is 95.9 cm³/mol. The van der Waals surface area contributed by atoms with Gasteiger partial charge in [-0.25, -0.2) is 4.98 Å². The molecule has 1 amide bonds. The lowest BCUT2D eigenvalue weighted by Gasteiger charge is -2.21. The van der Waals surface area contributed by atoms with Crippen molar-refractivity contribution in [2.45, 2.75) is 33.3 Å². The van der Waals surface area contributed by atoms with E-state index in [0.717, 1.165) is 25.1 Å². The van der Waals surface area contributed by atoms with E-state index in [1.54, 1.807) is 30.8 Å². The average Bonchev–Trinajstić information content (AvgIpc) is 3.13. The molecule has 0 atom stereocenters. The van der Waals surface area contributed by atoms with Crippen LogP contribution in [0.3, 0.4) is 0 Å². The summed E-state index contributed by atoms with van der Waals surface area (Å²) in [4.78, 5) is 18.7. The molecule has 1 heterocycles. The molecule has 0 aliphatic carbocycles. The molecule has 24 heavy (non-hydrogen) atoms. The maximum Gasteiger partial charge on any atom is 0.253 e. The van der Waals surface area contributed by atoms with Gasteiger partial charge in [-0.1, -0.05) is 13.3 Å². The van der Waals surface area contributed by atoms with Crippen LogP contribution in [0, 0.1) is 0 Å². The van der Waals surface area contributed by atoms with E-state index >= 15 is 0 Å². The zero-order valence-corrected chi connectivity index (χ0v) is 15.3. The van der Waals surface area contributed by atoms with Crippen LogP contribution in [0.15, 0.2) is 29.1 Å². The number of carbonyl (C=O) groups is 1. The second-order valence-electron chi connectivity index (χ2n) is 5.37. The first-order valence-corrected chi connectivity index (χ1v) is 9.11. The third kappa shape index (κ3) is 4.71. The van der Waals surface area contributed by atoms with Crippen LogP contribution in [-0.2, 0) is 6.61 Å². The van der Waals surface area contributed by atoms with Crippen molar-refractivity contribution in [3.05, 3.63) is 40.3 Å². The van der Waals surface area contributed by atoms with Crippen molar-refractivity contribution in [1.82, 2.24) is 9.88 Å². The highest BCUT2D eigenvalue weighted by atomic mass is 32.1. The second kappa shape index (κ2) is 9.27. The Labute approximate surface area is 147 Å². The number of hydrogen-bond donors (Lipinski definition) is 0. The highest BCUT2D eigenvalue weighted by molar-refractivity contribution is 7.07. The molecule has 0 N–H and O–H groups in total. The summed E-state index contributed by atoms with van der Waals surface area (Å²) < 4.78 is 11.1. The smallest absolute Gasteiger partial charge is 0.253 e. The molecule has 2 aromatic rings. The Kier molecular flexibility index (Phi) is 7.06. The van der Waals surface area contributed by atoms with Crippen LogP contribution in [0.5, 0.6) is 11.5 Å². The third-order valence-electron chi connectivity index (χ3n) is 3.72. The van der Waals surface area contributed by atoms with Crippen molar-refractivity contribution in [3.63, 3.8) is 0 Å². The van der Waals surface area contributed by atoms with Crippen LogP contribution < -0.4 is 9.47 Å². The molecule has 0 saturated heterocycles. The third-order valence-corrected chi connectivity index (χ3v) is 4.36. The number of nitrogens with zero attached hydrogens (tertiary/aromatic N) is 2. The van der Waals surface area contributed by atoms with E-state index in [1.807, 2.05) is 17.2 Å². The van der Waals surface area contributed by atoms with Crippen LogP contribution in [0.1, 0.15) is 42.7 Å². The second-order valence-corrected chi connectivity index (χ2v) is 6.09. The molecule has 0 fully saturated rings. The number of hydrogen-bond acceptors (Lipinski definition) is 5. The van der Waals surface area contributed by atoms with Crippen LogP contribution in [0.4, 0.5) is 0 Å². The summed E-state index contributed by atoms with van der Waals surface area (Å²) in [6, 6.07) is 5.31. The van der Waals surface area contributed by atoms with Crippen molar-refractivity contribution in [1.29, 1.82) is 0 Å². The number of unbranched alkanes of at least 4 members (excludes halogenated alkanes) is 1. The monoisotopic (exact) mass is 348 g/mol. The lowest BCUT2D eigenvalue weighted by molar-refractivity contribution is 0.0762. The van der Waals surface area contributed by atoms with Gasteiger partial charge in [-0.15, -0.1) is 11.3 Å². The van der Waals surface area contributed by atoms with E-state index in [0.29, 0.717) is 30.2 Å². The van der Waals surface area contributed by atoms with E-state index in [-0.39, 0.29) is 5.91 Å². The SMILES string of the molecule is CCCCN(CC)C(=O)c1ccc(OCc2cscn2)c(OC)c1. The van der Waals surface area contributed by atoms with E-state index in [4.69, 9.17) is 9.47 Å². The molecule has 6 heteroatoms. The summed E-state index contributed by atoms with van der Waals surface area (Å²) in [7, 11) is 1.58. The van der Waals surface area contributed by atoms with E-state index in [9.17, 15) is 4.79 Å². The highest BCUT2D eigenvalue weighted by Gasteiger charge is 2.16. The summed E-state index contributed by atoms with van der Waals surface area (Å²) in [5.74, 6) is 1.19. The van der Waals surface area contributed by atoms with Gasteiger partial charge in [-0.05, 0) is 31.5 Å². The average molecular weight is 348 g/mol.